The fourth-order valence-electron chi connectivity index (χ4n) is 2.37. The number of halogens is 2. The monoisotopic (exact) mass is 366 g/mol. The SMILES string of the molecule is O=C(O)c1cccc(CNc2ncc(Br)c3c2CCO3)c1F. The van der Waals surface area contributed by atoms with E-state index < -0.39 is 11.8 Å². The number of aromatic carboxylic acids is 1. The molecule has 0 saturated carbocycles. The van der Waals surface area contributed by atoms with Crippen molar-refractivity contribution in [2.24, 2.45) is 0 Å². The molecule has 0 radical (unpaired) electrons. The minimum atomic E-state index is -1.28. The van der Waals surface area contributed by atoms with Crippen molar-refractivity contribution in [1.29, 1.82) is 0 Å². The van der Waals surface area contributed by atoms with Gasteiger partial charge in [0.15, 0.2) is 0 Å². The number of carboxylic acid groups (broad SMARTS) is 1. The number of fused-ring (bicyclic) bond motifs is 1. The lowest BCUT2D eigenvalue weighted by atomic mass is 10.1. The number of anilines is 1. The average molecular weight is 367 g/mol. The number of pyridine rings is 1. The predicted octanol–water partition coefficient (Wildman–Crippen LogP) is 3.23. The third kappa shape index (κ3) is 2.64. The molecule has 0 unspecified atom stereocenters. The van der Waals surface area contributed by atoms with Gasteiger partial charge in [0.25, 0.3) is 0 Å². The van der Waals surface area contributed by atoms with Crippen LogP contribution in [0.4, 0.5) is 10.2 Å². The van der Waals surface area contributed by atoms with Crippen molar-refractivity contribution in [2.45, 2.75) is 13.0 Å². The summed E-state index contributed by atoms with van der Waals surface area (Å²) in [5.74, 6) is -0.643. The standard InChI is InChI=1S/C15H12BrFN2O3/c16-11-7-19-14(10-4-5-22-13(10)11)18-6-8-2-1-3-9(12(8)17)15(20)21/h1-3,7H,4-6H2,(H,18,19)(H,20,21). The molecule has 2 aromatic rings. The summed E-state index contributed by atoms with van der Waals surface area (Å²) in [5.41, 5.74) is 0.873. The number of hydrogen-bond donors (Lipinski definition) is 2. The van der Waals surface area contributed by atoms with Crippen LogP contribution in [0.25, 0.3) is 0 Å². The number of benzene rings is 1. The Bertz CT molecular complexity index is 752. The highest BCUT2D eigenvalue weighted by Gasteiger charge is 2.21. The van der Waals surface area contributed by atoms with Gasteiger partial charge in [0.2, 0.25) is 0 Å². The molecule has 0 bridgehead atoms. The van der Waals surface area contributed by atoms with E-state index in [0.29, 0.717) is 12.4 Å². The molecule has 1 aliphatic heterocycles. The van der Waals surface area contributed by atoms with E-state index in [4.69, 9.17) is 9.84 Å². The Morgan fingerprint density at radius 2 is 2.32 bits per heavy atom. The summed E-state index contributed by atoms with van der Waals surface area (Å²) >= 11 is 3.37. The van der Waals surface area contributed by atoms with Crippen molar-refractivity contribution in [2.75, 3.05) is 11.9 Å². The topological polar surface area (TPSA) is 71.5 Å². The fourth-order valence-corrected chi connectivity index (χ4v) is 2.82. The second kappa shape index (κ2) is 5.92. The molecule has 0 fully saturated rings. The number of rotatable bonds is 4. The first-order valence-corrected chi connectivity index (χ1v) is 7.42. The zero-order chi connectivity index (χ0) is 15.7. The second-order valence-electron chi connectivity index (χ2n) is 4.80. The molecule has 0 atom stereocenters. The van der Waals surface area contributed by atoms with Crippen LogP contribution >= 0.6 is 15.9 Å². The highest BCUT2D eigenvalue weighted by atomic mass is 79.9. The molecular formula is C15H12BrFN2O3. The largest absolute Gasteiger partial charge is 0.492 e. The van der Waals surface area contributed by atoms with Crippen LogP contribution in [0.1, 0.15) is 21.5 Å². The summed E-state index contributed by atoms with van der Waals surface area (Å²) in [4.78, 5) is 15.2. The van der Waals surface area contributed by atoms with Gasteiger partial charge < -0.3 is 15.2 Å². The minimum absolute atomic E-state index is 0.147. The average Bonchev–Trinajstić information content (AvgIpc) is 2.98. The van der Waals surface area contributed by atoms with Crippen molar-refractivity contribution < 1.29 is 19.0 Å². The van der Waals surface area contributed by atoms with Gasteiger partial charge in [-0.25, -0.2) is 14.2 Å². The number of carbonyl (C=O) groups is 1. The van der Waals surface area contributed by atoms with Crippen molar-refractivity contribution in [3.63, 3.8) is 0 Å². The van der Waals surface area contributed by atoms with Crippen molar-refractivity contribution in [1.82, 2.24) is 4.98 Å². The first-order valence-electron chi connectivity index (χ1n) is 6.62. The minimum Gasteiger partial charge on any atom is -0.492 e. The maximum Gasteiger partial charge on any atom is 0.338 e. The van der Waals surface area contributed by atoms with Crippen LogP contribution in [0.15, 0.2) is 28.9 Å². The Morgan fingerprint density at radius 1 is 1.50 bits per heavy atom. The number of hydrogen-bond acceptors (Lipinski definition) is 4. The van der Waals surface area contributed by atoms with Crippen LogP contribution < -0.4 is 10.1 Å². The second-order valence-corrected chi connectivity index (χ2v) is 5.65. The molecule has 3 rings (SSSR count). The first-order chi connectivity index (χ1) is 10.6. The quantitative estimate of drug-likeness (QED) is 0.868. The number of aromatic nitrogens is 1. The summed E-state index contributed by atoms with van der Waals surface area (Å²) in [6, 6.07) is 4.31. The lowest BCUT2D eigenvalue weighted by molar-refractivity contribution is 0.0691. The fraction of sp³-hybridized carbons (Fsp3) is 0.200. The van der Waals surface area contributed by atoms with E-state index in [1.807, 2.05) is 0 Å². The Labute approximate surface area is 134 Å². The molecule has 0 aliphatic carbocycles. The Kier molecular flexibility index (Phi) is 3.98. The molecule has 2 heterocycles. The van der Waals surface area contributed by atoms with Crippen LogP contribution in [-0.2, 0) is 13.0 Å². The van der Waals surface area contributed by atoms with Gasteiger partial charge in [0.1, 0.15) is 17.4 Å². The highest BCUT2D eigenvalue weighted by Crippen LogP contribution is 2.37. The molecular weight excluding hydrogens is 355 g/mol. The van der Waals surface area contributed by atoms with Gasteiger partial charge in [-0.2, -0.15) is 0 Å². The van der Waals surface area contributed by atoms with Crippen molar-refractivity contribution in [3.8, 4) is 5.75 Å². The number of nitrogens with one attached hydrogen (secondary N) is 1. The summed E-state index contributed by atoms with van der Waals surface area (Å²) in [5, 5.41) is 12.0. The summed E-state index contributed by atoms with van der Waals surface area (Å²) in [7, 11) is 0. The number of ether oxygens (including phenoxy) is 1. The van der Waals surface area contributed by atoms with E-state index in [9.17, 15) is 9.18 Å². The molecule has 0 spiro atoms. The van der Waals surface area contributed by atoms with Gasteiger partial charge in [0, 0.05) is 30.3 Å². The molecule has 22 heavy (non-hydrogen) atoms. The molecule has 5 nitrogen and oxygen atoms in total. The summed E-state index contributed by atoms with van der Waals surface area (Å²) in [6.07, 6.45) is 2.35. The van der Waals surface area contributed by atoms with E-state index in [2.05, 4.69) is 26.2 Å². The smallest absolute Gasteiger partial charge is 0.338 e. The van der Waals surface area contributed by atoms with E-state index in [1.165, 1.54) is 12.1 Å². The van der Waals surface area contributed by atoms with Crippen molar-refractivity contribution in [3.05, 3.63) is 51.4 Å². The molecule has 1 aromatic carbocycles. The molecule has 7 heteroatoms. The lowest BCUT2D eigenvalue weighted by Crippen LogP contribution is -2.09. The van der Waals surface area contributed by atoms with E-state index in [0.717, 1.165) is 22.2 Å². The van der Waals surface area contributed by atoms with Gasteiger partial charge in [-0.05, 0) is 22.0 Å². The predicted molar refractivity (Wildman–Crippen MR) is 81.8 cm³/mol. The van der Waals surface area contributed by atoms with Crippen LogP contribution in [0.2, 0.25) is 0 Å². The van der Waals surface area contributed by atoms with Gasteiger partial charge in [-0.3, -0.25) is 0 Å². The summed E-state index contributed by atoms with van der Waals surface area (Å²) < 4.78 is 20.4. The van der Waals surface area contributed by atoms with Gasteiger partial charge >= 0.3 is 5.97 Å². The maximum atomic E-state index is 14.1. The van der Waals surface area contributed by atoms with Gasteiger partial charge in [-0.15, -0.1) is 0 Å². The number of carboxylic acids is 1. The first kappa shape index (κ1) is 14.8. The molecule has 114 valence electrons. The van der Waals surface area contributed by atoms with Crippen LogP contribution in [-0.4, -0.2) is 22.7 Å². The molecule has 0 saturated heterocycles. The zero-order valence-corrected chi connectivity index (χ0v) is 13.0. The van der Waals surface area contributed by atoms with Gasteiger partial charge in [0.05, 0.1) is 16.6 Å². The molecule has 2 N–H and O–H groups in total. The van der Waals surface area contributed by atoms with Crippen molar-refractivity contribution >= 4 is 27.7 Å². The van der Waals surface area contributed by atoms with E-state index >= 15 is 0 Å². The van der Waals surface area contributed by atoms with Gasteiger partial charge in [-0.1, -0.05) is 12.1 Å². The lowest BCUT2D eigenvalue weighted by Gasteiger charge is -2.11. The maximum absolute atomic E-state index is 14.1. The Balaban J connectivity index is 1.84. The van der Waals surface area contributed by atoms with E-state index in [-0.39, 0.29) is 17.7 Å². The third-order valence-corrected chi connectivity index (χ3v) is 4.00. The highest BCUT2D eigenvalue weighted by molar-refractivity contribution is 9.10. The zero-order valence-electron chi connectivity index (χ0n) is 11.4. The van der Waals surface area contributed by atoms with E-state index in [1.54, 1.807) is 12.3 Å². The van der Waals surface area contributed by atoms with Crippen LogP contribution in [0.3, 0.4) is 0 Å². The third-order valence-electron chi connectivity index (χ3n) is 3.44. The van der Waals surface area contributed by atoms with Crippen LogP contribution in [0.5, 0.6) is 5.75 Å². The molecule has 1 aromatic heterocycles. The molecule has 1 aliphatic rings. The Hall–Kier alpha value is -2.15. The molecule has 0 amide bonds. The van der Waals surface area contributed by atoms with Crippen LogP contribution in [0, 0.1) is 5.82 Å². The normalized spacial score (nSPS) is 12.6. The Morgan fingerprint density at radius 3 is 3.09 bits per heavy atom. The number of nitrogens with zero attached hydrogens (tertiary/aromatic N) is 1. The summed E-state index contributed by atoms with van der Waals surface area (Å²) in [6.45, 7) is 0.727.